The Morgan fingerprint density at radius 2 is 1.90 bits per heavy atom. The highest BCUT2D eigenvalue weighted by molar-refractivity contribution is 6.02. The van der Waals surface area contributed by atoms with Gasteiger partial charge in [0.1, 0.15) is 6.04 Å². The maximum Gasteiger partial charge on any atom is 0.347 e. The number of fused-ring (bicyclic) bond motifs is 2. The number of aromatic nitrogens is 4. The number of pyridine rings is 2. The van der Waals surface area contributed by atoms with E-state index in [9.17, 15) is 24.0 Å². The van der Waals surface area contributed by atoms with E-state index in [2.05, 4.69) is 20.8 Å². The zero-order valence-electron chi connectivity index (χ0n) is 24.0. The normalized spacial score (nSPS) is 13.9. The molecule has 0 fully saturated rings. The van der Waals surface area contributed by atoms with E-state index in [-0.39, 0.29) is 47.1 Å². The molecule has 220 valence electrons. The van der Waals surface area contributed by atoms with Gasteiger partial charge in [0.15, 0.2) is 17.1 Å². The molecule has 4 rings (SSSR count). The Kier molecular flexibility index (Phi) is 8.94. The second-order valence-electron chi connectivity index (χ2n) is 10.7. The molecule has 1 atom stereocenters. The van der Waals surface area contributed by atoms with Crippen molar-refractivity contribution < 1.29 is 19.1 Å². The first-order valence-corrected chi connectivity index (χ1v) is 13.9. The summed E-state index contributed by atoms with van der Waals surface area (Å²) < 4.78 is 8.74. The van der Waals surface area contributed by atoms with Gasteiger partial charge in [-0.05, 0) is 38.3 Å². The van der Waals surface area contributed by atoms with Gasteiger partial charge in [-0.1, -0.05) is 27.2 Å². The summed E-state index contributed by atoms with van der Waals surface area (Å²) in [5, 5.41) is 11.8. The van der Waals surface area contributed by atoms with Crippen molar-refractivity contribution in [3.05, 3.63) is 62.1 Å². The third-order valence-corrected chi connectivity index (χ3v) is 7.12. The largest absolute Gasteiger partial charge is 0.487 e. The van der Waals surface area contributed by atoms with E-state index in [1.807, 2.05) is 20.8 Å². The number of carbonyl (C=O) groups is 3. The number of nitrogens with zero attached hydrogens (tertiary/aromatic N) is 4. The second kappa shape index (κ2) is 12.4. The lowest BCUT2D eigenvalue weighted by Crippen LogP contribution is -2.50. The Morgan fingerprint density at radius 1 is 1.15 bits per heavy atom. The number of hydrogen-bond donors (Lipinski definition) is 3. The number of nitrogens with one attached hydrogen (secondary N) is 3. The maximum atomic E-state index is 13.4. The second-order valence-corrected chi connectivity index (χ2v) is 10.7. The lowest BCUT2D eigenvalue weighted by atomic mass is 10.0. The van der Waals surface area contributed by atoms with Gasteiger partial charge in [0, 0.05) is 37.1 Å². The van der Waals surface area contributed by atoms with Crippen LogP contribution in [0.15, 0.2) is 34.0 Å². The number of carbonyl (C=O) groups excluding carboxylic acids is 3. The third kappa shape index (κ3) is 6.03. The van der Waals surface area contributed by atoms with Gasteiger partial charge in [-0.25, -0.2) is 14.3 Å². The van der Waals surface area contributed by atoms with Crippen molar-refractivity contribution in [2.24, 2.45) is 5.92 Å². The van der Waals surface area contributed by atoms with Crippen LogP contribution in [0.2, 0.25) is 0 Å². The molecule has 0 bridgehead atoms. The summed E-state index contributed by atoms with van der Waals surface area (Å²) in [5.41, 5.74) is 0.0261. The van der Waals surface area contributed by atoms with Crippen molar-refractivity contribution >= 4 is 23.4 Å². The SMILES string of the molecule is CCCCOc1c2n(c(CNC(=O)[C@@H](NC(=O)c3cccn4c(=O)[nH]nc34)C(C)C)cc1=O)CCN(C(C)C)C2=O. The summed E-state index contributed by atoms with van der Waals surface area (Å²) in [4.78, 5) is 66.5. The molecule has 0 radical (unpaired) electrons. The third-order valence-electron chi connectivity index (χ3n) is 7.12. The number of H-pyrrole nitrogens is 1. The lowest BCUT2D eigenvalue weighted by Gasteiger charge is -2.35. The minimum Gasteiger partial charge on any atom is -0.487 e. The zero-order chi connectivity index (χ0) is 29.8. The fourth-order valence-corrected chi connectivity index (χ4v) is 4.84. The van der Waals surface area contributed by atoms with Crippen molar-refractivity contribution in [1.82, 2.24) is 34.7 Å². The molecule has 0 saturated carbocycles. The molecule has 3 N–H and O–H groups in total. The van der Waals surface area contributed by atoms with Crippen LogP contribution in [-0.2, 0) is 17.9 Å². The molecule has 13 heteroatoms. The van der Waals surface area contributed by atoms with Crippen molar-refractivity contribution in [3.63, 3.8) is 0 Å². The van der Waals surface area contributed by atoms with Gasteiger partial charge >= 0.3 is 5.69 Å². The van der Waals surface area contributed by atoms with Gasteiger partial charge in [0.2, 0.25) is 11.3 Å². The molecule has 3 aromatic rings. The van der Waals surface area contributed by atoms with Gasteiger partial charge in [-0.3, -0.25) is 19.2 Å². The molecule has 1 aliphatic heterocycles. The van der Waals surface area contributed by atoms with Crippen LogP contribution in [0, 0.1) is 5.92 Å². The zero-order valence-corrected chi connectivity index (χ0v) is 24.0. The minimum absolute atomic E-state index is 0.0304. The van der Waals surface area contributed by atoms with Crippen LogP contribution in [0.5, 0.6) is 5.75 Å². The number of aromatic amines is 1. The fraction of sp³-hybridized carbons (Fsp3) is 0.500. The van der Waals surface area contributed by atoms with E-state index in [1.165, 1.54) is 22.7 Å². The number of unbranched alkanes of at least 4 members (excludes halogenated alkanes) is 1. The van der Waals surface area contributed by atoms with Crippen LogP contribution in [0.1, 0.15) is 74.0 Å². The molecule has 3 aromatic heterocycles. The van der Waals surface area contributed by atoms with Crippen LogP contribution >= 0.6 is 0 Å². The molecule has 0 saturated heterocycles. The van der Waals surface area contributed by atoms with Crippen molar-refractivity contribution in [3.8, 4) is 5.75 Å². The first kappa shape index (κ1) is 29.6. The van der Waals surface area contributed by atoms with E-state index < -0.39 is 29.0 Å². The molecule has 13 nitrogen and oxygen atoms in total. The maximum absolute atomic E-state index is 13.4. The van der Waals surface area contributed by atoms with Crippen molar-refractivity contribution in [1.29, 1.82) is 0 Å². The number of amides is 3. The predicted octanol–water partition coefficient (Wildman–Crippen LogP) is 1.30. The first-order valence-electron chi connectivity index (χ1n) is 13.9. The average molecular weight is 568 g/mol. The molecule has 41 heavy (non-hydrogen) atoms. The smallest absolute Gasteiger partial charge is 0.347 e. The summed E-state index contributed by atoms with van der Waals surface area (Å²) in [6.45, 7) is 10.6. The summed E-state index contributed by atoms with van der Waals surface area (Å²) >= 11 is 0. The van der Waals surface area contributed by atoms with E-state index in [0.29, 0.717) is 25.4 Å². The Labute approximate surface area is 236 Å². The summed E-state index contributed by atoms with van der Waals surface area (Å²) in [6.07, 6.45) is 3.10. The van der Waals surface area contributed by atoms with Crippen molar-refractivity contribution in [2.45, 2.75) is 72.6 Å². The average Bonchev–Trinajstić information content (AvgIpc) is 3.32. The van der Waals surface area contributed by atoms with E-state index >= 15 is 0 Å². The highest BCUT2D eigenvalue weighted by Gasteiger charge is 2.33. The number of ether oxygens (including phenoxy) is 1. The molecular weight excluding hydrogens is 530 g/mol. The molecule has 3 amide bonds. The Hall–Kier alpha value is -4.42. The monoisotopic (exact) mass is 567 g/mol. The van der Waals surface area contributed by atoms with Gasteiger partial charge in [0.05, 0.1) is 18.7 Å². The Morgan fingerprint density at radius 3 is 2.59 bits per heavy atom. The summed E-state index contributed by atoms with van der Waals surface area (Å²) in [6, 6.07) is 3.47. The van der Waals surface area contributed by atoms with Crippen LogP contribution in [0.25, 0.3) is 5.65 Å². The Bertz CT molecular complexity index is 1570. The van der Waals surface area contributed by atoms with Gasteiger partial charge in [0.25, 0.3) is 11.8 Å². The molecule has 1 aliphatic rings. The molecular formula is C28H37N7O6. The minimum atomic E-state index is -0.921. The van der Waals surface area contributed by atoms with Crippen LogP contribution < -0.4 is 26.5 Å². The van der Waals surface area contributed by atoms with Crippen LogP contribution in [0.3, 0.4) is 0 Å². The highest BCUT2D eigenvalue weighted by Crippen LogP contribution is 2.24. The van der Waals surface area contributed by atoms with Gasteiger partial charge in [-0.15, -0.1) is 0 Å². The fourth-order valence-electron chi connectivity index (χ4n) is 4.84. The van der Waals surface area contributed by atoms with E-state index in [0.717, 1.165) is 12.8 Å². The topological polar surface area (TPSA) is 160 Å². The molecule has 0 aliphatic carbocycles. The lowest BCUT2D eigenvalue weighted by molar-refractivity contribution is -0.124. The molecule has 0 unspecified atom stereocenters. The summed E-state index contributed by atoms with van der Waals surface area (Å²) in [5.74, 6) is -1.57. The molecule has 0 aromatic carbocycles. The molecule has 0 spiro atoms. The standard InChI is InChI=1S/C28H37N7O6/c1-6-7-13-41-23-20(36)14-18(34-12-11-33(17(4)5)27(39)22(23)34)15-29-26(38)21(16(2)3)30-25(37)19-9-8-10-35-24(19)31-32-28(35)40/h8-10,14,16-17,21H,6-7,11-13,15H2,1-5H3,(H,29,38)(H,30,37)(H,32,40)/t21-/m0/s1. The first-order chi connectivity index (χ1) is 19.5. The van der Waals surface area contributed by atoms with Gasteiger partial charge in [-0.2, -0.15) is 5.10 Å². The van der Waals surface area contributed by atoms with Crippen molar-refractivity contribution in [2.75, 3.05) is 13.2 Å². The van der Waals surface area contributed by atoms with Gasteiger partial charge < -0.3 is 24.8 Å². The van der Waals surface area contributed by atoms with Crippen LogP contribution in [0.4, 0.5) is 0 Å². The quantitative estimate of drug-likeness (QED) is 0.294. The number of rotatable bonds is 11. The van der Waals surface area contributed by atoms with E-state index in [1.54, 1.807) is 29.4 Å². The van der Waals surface area contributed by atoms with Crippen LogP contribution in [-0.4, -0.2) is 67.0 Å². The summed E-state index contributed by atoms with van der Waals surface area (Å²) in [7, 11) is 0. The number of hydrogen-bond acceptors (Lipinski definition) is 7. The predicted molar refractivity (Wildman–Crippen MR) is 151 cm³/mol. The highest BCUT2D eigenvalue weighted by atomic mass is 16.5. The Balaban J connectivity index is 1.57. The molecule has 4 heterocycles. The van der Waals surface area contributed by atoms with E-state index in [4.69, 9.17) is 4.74 Å².